The smallest absolute Gasteiger partial charge is 0.180 e. The monoisotopic (exact) mass is 323 g/mol. The molecule has 0 aromatic heterocycles. The van der Waals surface area contributed by atoms with E-state index in [0.717, 1.165) is 51.4 Å². The average molecular weight is 323 g/mol. The van der Waals surface area contributed by atoms with Crippen molar-refractivity contribution in [3.8, 4) is 0 Å². The van der Waals surface area contributed by atoms with Crippen LogP contribution >= 0.6 is 0 Å². The fourth-order valence-corrected chi connectivity index (χ4v) is 4.56. The standard InChI is InChI=1S/C16H25N3O2S/c1-2-22(20,21)16-6-4-3-5-15(16)19-10-7-14(13-19)18-11-8-17-9-12-18/h3-6,14,17H,2,7-13H2,1H3. The Morgan fingerprint density at radius 2 is 1.91 bits per heavy atom. The molecule has 3 rings (SSSR count). The third-order valence-corrected chi connectivity index (χ3v) is 6.53. The van der Waals surface area contributed by atoms with Gasteiger partial charge in [-0.3, -0.25) is 4.90 Å². The quantitative estimate of drug-likeness (QED) is 0.895. The highest BCUT2D eigenvalue weighted by atomic mass is 32.2. The summed E-state index contributed by atoms with van der Waals surface area (Å²) in [5, 5.41) is 3.38. The number of nitrogens with zero attached hydrogens (tertiary/aromatic N) is 2. The molecular weight excluding hydrogens is 298 g/mol. The summed E-state index contributed by atoms with van der Waals surface area (Å²) in [7, 11) is -3.17. The first kappa shape index (κ1) is 15.8. The van der Waals surface area contributed by atoms with E-state index in [2.05, 4.69) is 15.1 Å². The number of para-hydroxylation sites is 1. The average Bonchev–Trinajstić information content (AvgIpc) is 3.05. The molecule has 0 spiro atoms. The van der Waals surface area contributed by atoms with Crippen molar-refractivity contribution in [2.75, 3.05) is 49.9 Å². The van der Waals surface area contributed by atoms with Crippen LogP contribution in [0.3, 0.4) is 0 Å². The molecule has 0 aliphatic carbocycles. The molecule has 2 aliphatic rings. The Morgan fingerprint density at radius 3 is 2.64 bits per heavy atom. The van der Waals surface area contributed by atoms with E-state index in [1.807, 2.05) is 18.2 Å². The van der Waals surface area contributed by atoms with E-state index in [0.29, 0.717) is 10.9 Å². The van der Waals surface area contributed by atoms with Crippen molar-refractivity contribution in [2.45, 2.75) is 24.3 Å². The van der Waals surface area contributed by atoms with Gasteiger partial charge >= 0.3 is 0 Å². The zero-order valence-corrected chi connectivity index (χ0v) is 14.0. The summed E-state index contributed by atoms with van der Waals surface area (Å²) in [6.45, 7) is 7.86. The van der Waals surface area contributed by atoms with Crippen LogP contribution in [0.5, 0.6) is 0 Å². The lowest BCUT2D eigenvalue weighted by Gasteiger charge is -2.33. The van der Waals surface area contributed by atoms with Crippen LogP contribution in [0.2, 0.25) is 0 Å². The summed E-state index contributed by atoms with van der Waals surface area (Å²) in [4.78, 5) is 5.27. The van der Waals surface area contributed by atoms with E-state index in [4.69, 9.17) is 0 Å². The molecule has 2 heterocycles. The Bertz CT molecular complexity index is 612. The molecule has 0 radical (unpaired) electrons. The minimum Gasteiger partial charge on any atom is -0.369 e. The highest BCUT2D eigenvalue weighted by Crippen LogP contribution is 2.30. The number of nitrogens with one attached hydrogen (secondary N) is 1. The molecule has 1 unspecified atom stereocenters. The Labute approximate surface area is 133 Å². The van der Waals surface area contributed by atoms with E-state index in [-0.39, 0.29) is 5.75 Å². The van der Waals surface area contributed by atoms with Crippen LogP contribution in [-0.2, 0) is 9.84 Å². The molecule has 1 N–H and O–H groups in total. The summed E-state index contributed by atoms with van der Waals surface area (Å²) in [6.07, 6.45) is 1.11. The SMILES string of the molecule is CCS(=O)(=O)c1ccccc1N1CCC(N2CCNCC2)C1. The Balaban J connectivity index is 1.78. The third-order valence-electron chi connectivity index (χ3n) is 4.75. The highest BCUT2D eigenvalue weighted by Gasteiger charge is 2.30. The molecule has 6 heteroatoms. The normalized spacial score (nSPS) is 23.9. The summed E-state index contributed by atoms with van der Waals surface area (Å²) < 4.78 is 24.6. The van der Waals surface area contributed by atoms with Crippen molar-refractivity contribution >= 4 is 15.5 Å². The Morgan fingerprint density at radius 1 is 1.18 bits per heavy atom. The highest BCUT2D eigenvalue weighted by molar-refractivity contribution is 7.91. The molecular formula is C16H25N3O2S. The maximum atomic E-state index is 12.3. The first-order valence-corrected chi connectivity index (χ1v) is 9.78. The molecule has 1 atom stereocenters. The molecule has 2 saturated heterocycles. The number of hydrogen-bond donors (Lipinski definition) is 1. The third kappa shape index (κ3) is 3.14. The zero-order chi connectivity index (χ0) is 15.6. The Kier molecular flexibility index (Phi) is 4.70. The number of benzene rings is 1. The molecule has 122 valence electrons. The second kappa shape index (κ2) is 6.56. The van der Waals surface area contributed by atoms with Crippen molar-refractivity contribution in [1.82, 2.24) is 10.2 Å². The largest absolute Gasteiger partial charge is 0.369 e. The van der Waals surface area contributed by atoms with Gasteiger partial charge < -0.3 is 10.2 Å². The predicted octanol–water partition coefficient (Wildman–Crippen LogP) is 0.964. The molecule has 0 bridgehead atoms. The predicted molar refractivity (Wildman–Crippen MR) is 89.2 cm³/mol. The summed E-state index contributed by atoms with van der Waals surface area (Å²) in [6, 6.07) is 7.98. The molecule has 0 saturated carbocycles. The van der Waals surface area contributed by atoms with Crippen LogP contribution in [0.15, 0.2) is 29.2 Å². The van der Waals surface area contributed by atoms with Gasteiger partial charge in [0.1, 0.15) is 0 Å². The number of hydrogen-bond acceptors (Lipinski definition) is 5. The van der Waals surface area contributed by atoms with Crippen LogP contribution in [0.25, 0.3) is 0 Å². The number of piperazine rings is 1. The van der Waals surface area contributed by atoms with Crippen molar-refractivity contribution in [3.05, 3.63) is 24.3 Å². The summed E-state index contributed by atoms with van der Waals surface area (Å²) >= 11 is 0. The van der Waals surface area contributed by atoms with Gasteiger partial charge in [0.05, 0.1) is 16.3 Å². The number of rotatable bonds is 4. The fourth-order valence-electron chi connectivity index (χ4n) is 3.44. The van der Waals surface area contributed by atoms with E-state index in [1.54, 1.807) is 13.0 Å². The van der Waals surface area contributed by atoms with Gasteiger partial charge in [0.25, 0.3) is 0 Å². The number of sulfone groups is 1. The first-order valence-electron chi connectivity index (χ1n) is 8.13. The van der Waals surface area contributed by atoms with Crippen LogP contribution in [-0.4, -0.2) is 64.4 Å². The van der Waals surface area contributed by atoms with Crippen molar-refractivity contribution in [1.29, 1.82) is 0 Å². The molecule has 5 nitrogen and oxygen atoms in total. The minimum absolute atomic E-state index is 0.152. The van der Waals surface area contributed by atoms with Gasteiger partial charge in [0, 0.05) is 45.3 Å². The molecule has 1 aromatic carbocycles. The van der Waals surface area contributed by atoms with Crippen molar-refractivity contribution in [2.24, 2.45) is 0 Å². The number of anilines is 1. The molecule has 2 aliphatic heterocycles. The van der Waals surface area contributed by atoms with Gasteiger partial charge in [-0.05, 0) is 18.6 Å². The van der Waals surface area contributed by atoms with Crippen molar-refractivity contribution < 1.29 is 8.42 Å². The van der Waals surface area contributed by atoms with Gasteiger partial charge in [-0.1, -0.05) is 19.1 Å². The maximum Gasteiger partial charge on any atom is 0.180 e. The van der Waals surface area contributed by atoms with E-state index < -0.39 is 9.84 Å². The lowest BCUT2D eigenvalue weighted by atomic mass is 10.2. The molecule has 2 fully saturated rings. The van der Waals surface area contributed by atoms with Gasteiger partial charge in [-0.15, -0.1) is 0 Å². The maximum absolute atomic E-state index is 12.3. The zero-order valence-electron chi connectivity index (χ0n) is 13.2. The first-order chi connectivity index (χ1) is 10.6. The van der Waals surface area contributed by atoms with Crippen LogP contribution in [0, 0.1) is 0 Å². The second-order valence-electron chi connectivity index (χ2n) is 6.05. The van der Waals surface area contributed by atoms with E-state index in [1.165, 1.54) is 0 Å². The molecule has 1 aromatic rings. The topological polar surface area (TPSA) is 52.7 Å². The van der Waals surface area contributed by atoms with Crippen LogP contribution in [0.4, 0.5) is 5.69 Å². The summed E-state index contributed by atoms with van der Waals surface area (Å²) in [5.41, 5.74) is 0.877. The molecule has 0 amide bonds. The minimum atomic E-state index is -3.17. The lowest BCUT2D eigenvalue weighted by molar-refractivity contribution is 0.185. The fraction of sp³-hybridized carbons (Fsp3) is 0.625. The van der Waals surface area contributed by atoms with Gasteiger partial charge in [-0.25, -0.2) is 8.42 Å². The van der Waals surface area contributed by atoms with Gasteiger partial charge in [0.2, 0.25) is 0 Å². The van der Waals surface area contributed by atoms with E-state index >= 15 is 0 Å². The Hall–Kier alpha value is -1.11. The van der Waals surface area contributed by atoms with Gasteiger partial charge in [-0.2, -0.15) is 0 Å². The summed E-state index contributed by atoms with van der Waals surface area (Å²) in [5.74, 6) is 0.152. The van der Waals surface area contributed by atoms with E-state index in [9.17, 15) is 8.42 Å². The lowest BCUT2D eigenvalue weighted by Crippen LogP contribution is -2.49. The van der Waals surface area contributed by atoms with Crippen LogP contribution < -0.4 is 10.2 Å². The van der Waals surface area contributed by atoms with Crippen LogP contribution in [0.1, 0.15) is 13.3 Å². The van der Waals surface area contributed by atoms with Gasteiger partial charge in [0.15, 0.2) is 9.84 Å². The molecule has 22 heavy (non-hydrogen) atoms. The van der Waals surface area contributed by atoms with Crippen molar-refractivity contribution in [3.63, 3.8) is 0 Å². The second-order valence-corrected chi connectivity index (χ2v) is 8.29.